The third kappa shape index (κ3) is 3.14. The van der Waals surface area contributed by atoms with Gasteiger partial charge in [-0.2, -0.15) is 8.75 Å². The van der Waals surface area contributed by atoms with Crippen LogP contribution in [-0.2, 0) is 21.7 Å². The molecule has 3 aromatic carbocycles. The van der Waals surface area contributed by atoms with Crippen LogP contribution in [0.5, 0.6) is 23.0 Å². The van der Waals surface area contributed by atoms with Gasteiger partial charge >= 0.3 is 5.97 Å². The summed E-state index contributed by atoms with van der Waals surface area (Å²) in [6, 6.07) is 15.9. The molecule has 10 heteroatoms. The van der Waals surface area contributed by atoms with E-state index < -0.39 is 11.8 Å². The number of rotatable bonds is 4. The number of fused-ring (bicyclic) bond motifs is 3. The van der Waals surface area contributed by atoms with Gasteiger partial charge in [0.1, 0.15) is 11.0 Å². The van der Waals surface area contributed by atoms with Crippen LogP contribution < -0.4 is 18.9 Å². The monoisotopic (exact) mass is 488 g/mol. The van der Waals surface area contributed by atoms with E-state index in [1.807, 2.05) is 18.2 Å². The quantitative estimate of drug-likeness (QED) is 0.431. The van der Waals surface area contributed by atoms with Crippen molar-refractivity contribution < 1.29 is 33.6 Å². The van der Waals surface area contributed by atoms with Crippen LogP contribution in [0, 0.1) is 0 Å². The predicted octanol–water partition coefficient (Wildman–Crippen LogP) is 3.55. The average molecular weight is 488 g/mol. The van der Waals surface area contributed by atoms with Gasteiger partial charge < -0.3 is 28.8 Å². The van der Waals surface area contributed by atoms with E-state index in [2.05, 4.69) is 8.75 Å². The molecule has 7 rings (SSSR count). The van der Waals surface area contributed by atoms with E-state index in [1.54, 1.807) is 36.4 Å². The molecule has 0 aliphatic carbocycles. The van der Waals surface area contributed by atoms with Crippen LogP contribution in [0.1, 0.15) is 16.7 Å². The van der Waals surface area contributed by atoms with Crippen LogP contribution in [0.25, 0.3) is 16.6 Å². The number of aliphatic hydroxyl groups is 1. The lowest BCUT2D eigenvalue weighted by Crippen LogP contribution is -2.29. The molecule has 0 spiro atoms. The van der Waals surface area contributed by atoms with E-state index in [-0.39, 0.29) is 25.6 Å². The molecule has 3 aliphatic rings. The molecule has 0 bridgehead atoms. The number of aromatic nitrogens is 2. The summed E-state index contributed by atoms with van der Waals surface area (Å²) in [5.74, 6) is -0.272. The number of cyclic esters (lactones) is 1. The van der Waals surface area contributed by atoms with E-state index >= 15 is 0 Å². The highest BCUT2D eigenvalue weighted by Gasteiger charge is 2.48. The maximum absolute atomic E-state index is 13.3. The molecule has 4 aromatic rings. The molecule has 1 atom stereocenters. The number of nitrogens with zero attached hydrogens (tertiary/aromatic N) is 2. The van der Waals surface area contributed by atoms with Crippen molar-refractivity contribution in [2.24, 2.45) is 0 Å². The van der Waals surface area contributed by atoms with E-state index in [0.717, 1.165) is 17.3 Å². The zero-order chi connectivity index (χ0) is 23.6. The van der Waals surface area contributed by atoms with Crippen LogP contribution in [0.15, 0.2) is 60.2 Å². The van der Waals surface area contributed by atoms with Gasteiger partial charge in [0.15, 0.2) is 23.0 Å². The van der Waals surface area contributed by atoms with Crippen LogP contribution in [0.3, 0.4) is 0 Å². The smallest absolute Gasteiger partial charge is 0.342 e. The first-order valence-corrected chi connectivity index (χ1v) is 11.5. The predicted molar refractivity (Wildman–Crippen MR) is 123 cm³/mol. The number of carbonyl (C=O) groups excluding carboxylic acids is 1. The summed E-state index contributed by atoms with van der Waals surface area (Å²) >= 11 is 1.07. The van der Waals surface area contributed by atoms with Crippen molar-refractivity contribution in [2.75, 3.05) is 13.6 Å². The van der Waals surface area contributed by atoms with Crippen molar-refractivity contribution in [3.05, 3.63) is 76.9 Å². The van der Waals surface area contributed by atoms with Gasteiger partial charge in [-0.15, -0.1) is 0 Å². The highest BCUT2D eigenvalue weighted by Crippen LogP contribution is 2.47. The molecule has 35 heavy (non-hydrogen) atoms. The van der Waals surface area contributed by atoms with Crippen molar-refractivity contribution in [1.29, 1.82) is 0 Å². The Balaban J connectivity index is 1.40. The first kappa shape index (κ1) is 20.2. The summed E-state index contributed by atoms with van der Waals surface area (Å²) in [4.78, 5) is 13.3. The molecule has 0 fully saturated rings. The molecule has 0 radical (unpaired) electrons. The first-order valence-electron chi connectivity index (χ1n) is 10.8. The summed E-state index contributed by atoms with van der Waals surface area (Å²) in [7, 11) is 0. The number of ether oxygens (including phenoxy) is 5. The van der Waals surface area contributed by atoms with E-state index in [1.165, 1.54) is 0 Å². The summed E-state index contributed by atoms with van der Waals surface area (Å²) in [6.45, 7) is 0.259. The second-order valence-electron chi connectivity index (χ2n) is 8.29. The fourth-order valence-electron chi connectivity index (χ4n) is 4.57. The van der Waals surface area contributed by atoms with Crippen molar-refractivity contribution in [2.45, 2.75) is 12.2 Å². The Hall–Kier alpha value is -4.15. The molecule has 3 aliphatic heterocycles. The largest absolute Gasteiger partial charge is 0.454 e. The van der Waals surface area contributed by atoms with Crippen molar-refractivity contribution >= 4 is 34.3 Å². The number of hydrogen-bond donors (Lipinski definition) is 1. The summed E-state index contributed by atoms with van der Waals surface area (Å²) in [5.41, 5.74) is 3.72. The van der Waals surface area contributed by atoms with E-state index in [9.17, 15) is 9.90 Å². The van der Waals surface area contributed by atoms with Gasteiger partial charge in [0.05, 0.1) is 17.3 Å². The average Bonchev–Trinajstić information content (AvgIpc) is 3.65. The van der Waals surface area contributed by atoms with Gasteiger partial charge in [0.2, 0.25) is 13.6 Å². The molecule has 0 amide bonds. The Labute approximate surface area is 202 Å². The summed E-state index contributed by atoms with van der Waals surface area (Å²) in [6.07, 6.45) is 0.218. The van der Waals surface area contributed by atoms with Crippen LogP contribution in [-0.4, -0.2) is 33.4 Å². The highest BCUT2D eigenvalue weighted by molar-refractivity contribution is 7.00. The molecule has 0 saturated carbocycles. The first-order chi connectivity index (χ1) is 17.1. The molecule has 9 nitrogen and oxygen atoms in total. The minimum absolute atomic E-state index is 0.109. The van der Waals surface area contributed by atoms with Gasteiger partial charge in [-0.25, -0.2) is 4.79 Å². The molecule has 1 aromatic heterocycles. The molecule has 174 valence electrons. The molecular formula is C25H16N2O7S. The fourth-order valence-corrected chi connectivity index (χ4v) is 5.09. The highest BCUT2D eigenvalue weighted by atomic mass is 32.1. The lowest BCUT2D eigenvalue weighted by Gasteiger charge is -2.25. The Morgan fingerprint density at radius 1 is 0.829 bits per heavy atom. The van der Waals surface area contributed by atoms with Crippen LogP contribution in [0.2, 0.25) is 0 Å². The van der Waals surface area contributed by atoms with Crippen molar-refractivity contribution in [3.63, 3.8) is 0 Å². The summed E-state index contributed by atoms with van der Waals surface area (Å²) < 4.78 is 36.0. The molecule has 4 heterocycles. The number of esters is 1. The molecule has 0 saturated heterocycles. The topological polar surface area (TPSA) is 109 Å². The van der Waals surface area contributed by atoms with Gasteiger partial charge in [-0.3, -0.25) is 0 Å². The maximum atomic E-state index is 13.3. The second-order valence-corrected chi connectivity index (χ2v) is 8.82. The van der Waals surface area contributed by atoms with Crippen molar-refractivity contribution in [3.8, 4) is 23.0 Å². The lowest BCUT2D eigenvalue weighted by atomic mass is 9.88. The van der Waals surface area contributed by atoms with Crippen LogP contribution >= 0.6 is 11.7 Å². The second kappa shape index (κ2) is 7.42. The molecular weight excluding hydrogens is 472 g/mol. The normalized spacial score (nSPS) is 20.1. The SMILES string of the molecule is O=C1OC(O)(c2ccc3nsnc3c2)C(Cc2ccc3c(c2)OCO3)=C1c1ccc2c(c1)OCO2. The van der Waals surface area contributed by atoms with E-state index in [0.29, 0.717) is 50.7 Å². The molecule has 1 N–H and O–H groups in total. The Morgan fingerprint density at radius 3 is 2.37 bits per heavy atom. The number of carbonyl (C=O) groups is 1. The Kier molecular flexibility index (Phi) is 4.29. The standard InChI is InChI=1S/C25H16N2O7S/c28-24-23(14-2-6-20-22(9-14)33-12-31-20)16(7-13-1-5-19-21(8-13)32-11-30-19)25(29,34-24)15-3-4-17-18(10-15)27-35-26-17/h1-6,8-10,29H,7,11-12H2. The molecule has 1 unspecified atom stereocenters. The zero-order valence-electron chi connectivity index (χ0n) is 18.0. The number of benzene rings is 3. The minimum Gasteiger partial charge on any atom is -0.454 e. The van der Waals surface area contributed by atoms with E-state index in [4.69, 9.17) is 23.7 Å². The zero-order valence-corrected chi connectivity index (χ0v) is 18.8. The Morgan fingerprint density at radius 2 is 1.54 bits per heavy atom. The van der Waals surface area contributed by atoms with Gasteiger partial charge in [-0.1, -0.05) is 12.1 Å². The fraction of sp³-hybridized carbons (Fsp3) is 0.160. The Bertz CT molecular complexity index is 1560. The van der Waals surface area contributed by atoms with Gasteiger partial charge in [0.25, 0.3) is 5.79 Å². The van der Waals surface area contributed by atoms with Gasteiger partial charge in [-0.05, 0) is 53.6 Å². The minimum atomic E-state index is -2.00. The maximum Gasteiger partial charge on any atom is 0.342 e. The summed E-state index contributed by atoms with van der Waals surface area (Å²) in [5, 5.41) is 11.9. The third-order valence-corrected chi connectivity index (χ3v) is 6.84. The lowest BCUT2D eigenvalue weighted by molar-refractivity contribution is -0.185. The van der Waals surface area contributed by atoms with Gasteiger partial charge in [0, 0.05) is 17.6 Å². The number of hydrogen-bond acceptors (Lipinski definition) is 10. The third-order valence-electron chi connectivity index (χ3n) is 6.28. The van der Waals surface area contributed by atoms with Crippen molar-refractivity contribution in [1.82, 2.24) is 8.75 Å². The van der Waals surface area contributed by atoms with Crippen LogP contribution in [0.4, 0.5) is 0 Å².